The molecule has 3 rings (SSSR count). The van der Waals surface area contributed by atoms with Crippen molar-refractivity contribution < 1.29 is 0 Å². The molecule has 2 nitrogen and oxygen atoms in total. The first-order valence-corrected chi connectivity index (χ1v) is 7.12. The molecule has 1 heterocycles. The minimum Gasteiger partial charge on any atom is -0.329 e. The smallest absolute Gasteiger partial charge is 0.0365 e. The van der Waals surface area contributed by atoms with Crippen molar-refractivity contribution in [3.63, 3.8) is 0 Å². The van der Waals surface area contributed by atoms with Gasteiger partial charge < -0.3 is 5.73 Å². The number of rotatable bonds is 2. The van der Waals surface area contributed by atoms with Crippen LogP contribution in [0.3, 0.4) is 0 Å². The van der Waals surface area contributed by atoms with E-state index < -0.39 is 0 Å². The van der Waals surface area contributed by atoms with Crippen molar-refractivity contribution in [1.29, 1.82) is 0 Å². The summed E-state index contributed by atoms with van der Waals surface area (Å²) in [7, 11) is 0. The topological polar surface area (TPSA) is 29.3 Å². The summed E-state index contributed by atoms with van der Waals surface area (Å²) in [6.07, 6.45) is 7.16. The SMILES string of the molecule is CC1CC(C)N(C2(CN)CC3CCC2C3)C1. The van der Waals surface area contributed by atoms with Crippen LogP contribution in [-0.4, -0.2) is 29.6 Å². The molecule has 0 aromatic heterocycles. The molecule has 0 radical (unpaired) electrons. The Morgan fingerprint density at radius 1 is 1.25 bits per heavy atom. The van der Waals surface area contributed by atoms with Crippen molar-refractivity contribution in [3.05, 3.63) is 0 Å². The van der Waals surface area contributed by atoms with E-state index in [0.717, 1.165) is 30.3 Å². The van der Waals surface area contributed by atoms with Crippen LogP contribution in [0.5, 0.6) is 0 Å². The van der Waals surface area contributed by atoms with Gasteiger partial charge in [0.25, 0.3) is 0 Å². The molecule has 3 fully saturated rings. The van der Waals surface area contributed by atoms with Crippen molar-refractivity contribution in [2.24, 2.45) is 23.5 Å². The summed E-state index contributed by atoms with van der Waals surface area (Å²) in [5.41, 5.74) is 6.60. The largest absolute Gasteiger partial charge is 0.329 e. The Balaban J connectivity index is 1.85. The van der Waals surface area contributed by atoms with Gasteiger partial charge in [0, 0.05) is 24.7 Å². The number of nitrogens with zero attached hydrogens (tertiary/aromatic N) is 1. The molecule has 2 saturated carbocycles. The first-order chi connectivity index (χ1) is 7.65. The zero-order valence-corrected chi connectivity index (χ0v) is 10.8. The van der Waals surface area contributed by atoms with Crippen molar-refractivity contribution in [2.75, 3.05) is 13.1 Å². The van der Waals surface area contributed by atoms with Crippen LogP contribution in [0.15, 0.2) is 0 Å². The maximum Gasteiger partial charge on any atom is 0.0365 e. The van der Waals surface area contributed by atoms with Crippen molar-refractivity contribution in [2.45, 2.75) is 57.5 Å². The predicted molar refractivity (Wildman–Crippen MR) is 67.2 cm³/mol. The van der Waals surface area contributed by atoms with Gasteiger partial charge >= 0.3 is 0 Å². The Morgan fingerprint density at radius 3 is 2.50 bits per heavy atom. The second-order valence-corrected chi connectivity index (χ2v) is 6.73. The van der Waals surface area contributed by atoms with Gasteiger partial charge in [-0.1, -0.05) is 13.3 Å². The van der Waals surface area contributed by atoms with Crippen molar-refractivity contribution >= 4 is 0 Å². The molecule has 2 N–H and O–H groups in total. The lowest BCUT2D eigenvalue weighted by Crippen LogP contribution is -2.58. The summed E-state index contributed by atoms with van der Waals surface area (Å²) in [5, 5.41) is 0. The fourth-order valence-electron chi connectivity index (χ4n) is 5.05. The summed E-state index contributed by atoms with van der Waals surface area (Å²) < 4.78 is 0. The molecule has 0 spiro atoms. The minimum absolute atomic E-state index is 0.396. The lowest BCUT2D eigenvalue weighted by molar-refractivity contribution is 0.0342. The highest BCUT2D eigenvalue weighted by Crippen LogP contribution is 2.54. The Bertz CT molecular complexity index is 278. The third kappa shape index (κ3) is 1.39. The molecule has 2 heteroatoms. The number of fused-ring (bicyclic) bond motifs is 2. The molecule has 5 atom stereocenters. The molecule has 0 aromatic rings. The van der Waals surface area contributed by atoms with E-state index in [9.17, 15) is 0 Å². The van der Waals surface area contributed by atoms with Crippen LogP contribution >= 0.6 is 0 Å². The highest BCUT2D eigenvalue weighted by molar-refractivity contribution is 5.10. The third-order valence-electron chi connectivity index (χ3n) is 5.65. The maximum atomic E-state index is 6.20. The molecule has 92 valence electrons. The molecular formula is C14H26N2. The standard InChI is InChI=1S/C14H26N2/c1-10-5-11(2)16(8-10)14(9-15)7-12-3-4-13(14)6-12/h10-13H,3-9,15H2,1-2H3. The summed E-state index contributed by atoms with van der Waals surface area (Å²) in [4.78, 5) is 2.79. The highest BCUT2D eigenvalue weighted by Gasteiger charge is 2.55. The Morgan fingerprint density at radius 2 is 2.06 bits per heavy atom. The second kappa shape index (κ2) is 3.71. The number of likely N-dealkylation sites (tertiary alicyclic amines) is 1. The van der Waals surface area contributed by atoms with Gasteiger partial charge in [0.05, 0.1) is 0 Å². The molecule has 2 bridgehead atoms. The van der Waals surface area contributed by atoms with E-state index in [1.807, 2.05) is 0 Å². The summed E-state index contributed by atoms with van der Waals surface area (Å²) in [6.45, 7) is 6.99. The van der Waals surface area contributed by atoms with Gasteiger partial charge in [-0.3, -0.25) is 4.90 Å². The van der Waals surface area contributed by atoms with E-state index in [2.05, 4.69) is 18.7 Å². The highest BCUT2D eigenvalue weighted by atomic mass is 15.3. The molecule has 2 aliphatic carbocycles. The molecule has 0 aromatic carbocycles. The van der Waals surface area contributed by atoms with Crippen LogP contribution < -0.4 is 5.73 Å². The van der Waals surface area contributed by atoms with Crippen LogP contribution in [0.2, 0.25) is 0 Å². The van der Waals surface area contributed by atoms with Gasteiger partial charge in [-0.2, -0.15) is 0 Å². The number of hydrogen-bond donors (Lipinski definition) is 1. The first-order valence-electron chi connectivity index (χ1n) is 7.12. The fraction of sp³-hybridized carbons (Fsp3) is 1.00. The van der Waals surface area contributed by atoms with Gasteiger partial charge in [-0.15, -0.1) is 0 Å². The molecule has 1 aliphatic heterocycles. The van der Waals surface area contributed by atoms with E-state index in [-0.39, 0.29) is 0 Å². The van der Waals surface area contributed by atoms with E-state index in [1.165, 1.54) is 38.6 Å². The van der Waals surface area contributed by atoms with Gasteiger partial charge in [0.2, 0.25) is 0 Å². The molecule has 1 saturated heterocycles. The van der Waals surface area contributed by atoms with Crippen molar-refractivity contribution in [1.82, 2.24) is 4.90 Å². The summed E-state index contributed by atoms with van der Waals surface area (Å²) in [5.74, 6) is 2.78. The zero-order chi connectivity index (χ0) is 11.3. The Kier molecular flexibility index (Phi) is 2.56. The lowest BCUT2D eigenvalue weighted by atomic mass is 9.79. The van der Waals surface area contributed by atoms with E-state index in [4.69, 9.17) is 5.73 Å². The van der Waals surface area contributed by atoms with Gasteiger partial charge in [0.1, 0.15) is 0 Å². The number of nitrogens with two attached hydrogens (primary N) is 1. The van der Waals surface area contributed by atoms with Gasteiger partial charge in [0.15, 0.2) is 0 Å². The van der Waals surface area contributed by atoms with Crippen LogP contribution in [0, 0.1) is 17.8 Å². The zero-order valence-electron chi connectivity index (χ0n) is 10.8. The van der Waals surface area contributed by atoms with E-state index in [1.54, 1.807) is 0 Å². The third-order valence-corrected chi connectivity index (χ3v) is 5.65. The average molecular weight is 222 g/mol. The quantitative estimate of drug-likeness (QED) is 0.776. The molecular weight excluding hydrogens is 196 g/mol. The number of hydrogen-bond acceptors (Lipinski definition) is 2. The van der Waals surface area contributed by atoms with Gasteiger partial charge in [-0.05, 0) is 50.4 Å². The van der Waals surface area contributed by atoms with E-state index in [0.29, 0.717) is 5.54 Å². The Labute approximate surface area is 99.6 Å². The summed E-state index contributed by atoms with van der Waals surface area (Å²) in [6, 6.07) is 0.762. The van der Waals surface area contributed by atoms with Crippen molar-refractivity contribution in [3.8, 4) is 0 Å². The Hall–Kier alpha value is -0.0800. The van der Waals surface area contributed by atoms with Crippen LogP contribution in [0.25, 0.3) is 0 Å². The molecule has 3 aliphatic rings. The van der Waals surface area contributed by atoms with E-state index >= 15 is 0 Å². The van der Waals surface area contributed by atoms with Gasteiger partial charge in [-0.25, -0.2) is 0 Å². The maximum absolute atomic E-state index is 6.20. The average Bonchev–Trinajstić information content (AvgIpc) is 2.92. The predicted octanol–water partition coefficient (Wildman–Crippen LogP) is 2.23. The molecule has 0 amide bonds. The van der Waals surface area contributed by atoms with Crippen LogP contribution in [0.4, 0.5) is 0 Å². The fourth-order valence-corrected chi connectivity index (χ4v) is 5.05. The molecule has 5 unspecified atom stereocenters. The normalized spacial score (nSPS) is 52.7. The lowest BCUT2D eigenvalue weighted by Gasteiger charge is -2.47. The monoisotopic (exact) mass is 222 g/mol. The first kappa shape index (κ1) is 11.0. The summed E-state index contributed by atoms with van der Waals surface area (Å²) >= 11 is 0. The van der Waals surface area contributed by atoms with Crippen LogP contribution in [0.1, 0.15) is 46.0 Å². The van der Waals surface area contributed by atoms with Crippen LogP contribution in [-0.2, 0) is 0 Å². The minimum atomic E-state index is 0.396. The second-order valence-electron chi connectivity index (χ2n) is 6.73. The molecule has 16 heavy (non-hydrogen) atoms.